The minimum atomic E-state index is -3.82. The summed E-state index contributed by atoms with van der Waals surface area (Å²) in [7, 11) is -3.82. The molecule has 1 fully saturated rings. The number of rotatable bonds is 4. The monoisotopic (exact) mass is 327 g/mol. The lowest BCUT2D eigenvalue weighted by Crippen LogP contribution is -2.30. The third-order valence-electron chi connectivity index (χ3n) is 3.43. The van der Waals surface area contributed by atoms with Crippen molar-refractivity contribution in [1.29, 1.82) is 0 Å². The molecule has 0 radical (unpaired) electrons. The number of aromatic carboxylic acids is 1. The molecule has 1 aliphatic rings. The summed E-state index contributed by atoms with van der Waals surface area (Å²) in [5.41, 5.74) is 0. The van der Waals surface area contributed by atoms with Gasteiger partial charge in [-0.25, -0.2) is 13.2 Å². The number of furan rings is 1. The molecular formula is C13H13NO5S2. The van der Waals surface area contributed by atoms with Gasteiger partial charge in [-0.3, -0.25) is 0 Å². The van der Waals surface area contributed by atoms with E-state index in [1.807, 2.05) is 17.5 Å². The molecule has 1 N–H and O–H groups in total. The van der Waals surface area contributed by atoms with Gasteiger partial charge in [-0.05, 0) is 36.4 Å². The molecule has 0 amide bonds. The summed E-state index contributed by atoms with van der Waals surface area (Å²) in [5, 5.41) is 10.4. The fraction of sp³-hybridized carbons (Fsp3) is 0.308. The van der Waals surface area contributed by atoms with E-state index in [1.165, 1.54) is 21.7 Å². The topological polar surface area (TPSA) is 87.8 Å². The standard InChI is InChI=1S/C13H13NO5S2/c15-13(16)10-5-6-12(19-10)21(17,18)14-7-1-3-9(14)11-4-2-8-20-11/h2,4-6,8-9H,1,3,7H2,(H,15,16). The second-order valence-corrected chi connectivity index (χ2v) is 7.51. The summed E-state index contributed by atoms with van der Waals surface area (Å²) in [5.74, 6) is -1.66. The molecule has 0 bridgehead atoms. The molecule has 2 aromatic heterocycles. The van der Waals surface area contributed by atoms with E-state index in [4.69, 9.17) is 9.52 Å². The van der Waals surface area contributed by atoms with E-state index in [0.29, 0.717) is 6.54 Å². The Morgan fingerprint density at radius 2 is 2.19 bits per heavy atom. The van der Waals surface area contributed by atoms with Crippen LogP contribution in [0.4, 0.5) is 0 Å². The molecule has 1 aliphatic heterocycles. The first-order valence-corrected chi connectivity index (χ1v) is 8.70. The van der Waals surface area contributed by atoms with Gasteiger partial charge in [-0.1, -0.05) is 6.07 Å². The maximum absolute atomic E-state index is 12.6. The van der Waals surface area contributed by atoms with Crippen LogP contribution in [0.1, 0.15) is 34.3 Å². The third kappa shape index (κ3) is 2.50. The van der Waals surface area contributed by atoms with Crippen LogP contribution < -0.4 is 0 Å². The molecule has 1 unspecified atom stereocenters. The van der Waals surface area contributed by atoms with Crippen LogP contribution in [0.2, 0.25) is 0 Å². The van der Waals surface area contributed by atoms with Crippen molar-refractivity contribution in [2.75, 3.05) is 6.54 Å². The maximum Gasteiger partial charge on any atom is 0.371 e. The Hall–Kier alpha value is -1.64. The molecule has 0 spiro atoms. The van der Waals surface area contributed by atoms with E-state index in [9.17, 15) is 13.2 Å². The molecule has 8 heteroatoms. The first kappa shape index (κ1) is 14.3. The Balaban J connectivity index is 1.95. The van der Waals surface area contributed by atoms with Gasteiger partial charge in [0.2, 0.25) is 10.9 Å². The Labute approximate surface area is 125 Å². The first-order valence-electron chi connectivity index (χ1n) is 6.38. The van der Waals surface area contributed by atoms with Gasteiger partial charge < -0.3 is 9.52 Å². The number of hydrogen-bond donors (Lipinski definition) is 1. The highest BCUT2D eigenvalue weighted by atomic mass is 32.2. The second-order valence-electron chi connectivity index (χ2n) is 4.71. The van der Waals surface area contributed by atoms with E-state index in [2.05, 4.69) is 0 Å². The number of carboxylic acid groups (broad SMARTS) is 1. The fourth-order valence-corrected chi connectivity index (χ4v) is 5.01. The van der Waals surface area contributed by atoms with E-state index < -0.39 is 16.0 Å². The molecule has 1 atom stereocenters. The molecule has 21 heavy (non-hydrogen) atoms. The Bertz CT molecular complexity index is 747. The van der Waals surface area contributed by atoms with Gasteiger partial charge in [0, 0.05) is 11.4 Å². The molecule has 0 saturated carbocycles. The number of carboxylic acids is 1. The van der Waals surface area contributed by atoms with Crippen LogP contribution >= 0.6 is 11.3 Å². The SMILES string of the molecule is O=C(O)c1ccc(S(=O)(=O)N2CCCC2c2cccs2)o1. The highest BCUT2D eigenvalue weighted by molar-refractivity contribution is 7.89. The number of thiophene rings is 1. The van der Waals surface area contributed by atoms with Gasteiger partial charge in [-0.2, -0.15) is 4.31 Å². The smallest absolute Gasteiger partial charge is 0.371 e. The summed E-state index contributed by atoms with van der Waals surface area (Å²) in [4.78, 5) is 11.8. The predicted molar refractivity (Wildman–Crippen MR) is 75.9 cm³/mol. The lowest BCUT2D eigenvalue weighted by atomic mass is 10.2. The molecule has 0 aliphatic carbocycles. The zero-order valence-corrected chi connectivity index (χ0v) is 12.6. The largest absolute Gasteiger partial charge is 0.475 e. The van der Waals surface area contributed by atoms with Gasteiger partial charge in [0.15, 0.2) is 0 Å². The maximum atomic E-state index is 12.6. The fourth-order valence-electron chi connectivity index (χ4n) is 2.48. The number of hydrogen-bond acceptors (Lipinski definition) is 5. The van der Waals surface area contributed by atoms with Crippen molar-refractivity contribution in [1.82, 2.24) is 4.31 Å². The minimum absolute atomic E-state index is 0.201. The molecule has 2 aromatic rings. The van der Waals surface area contributed by atoms with E-state index >= 15 is 0 Å². The zero-order valence-electron chi connectivity index (χ0n) is 10.9. The van der Waals surface area contributed by atoms with Gasteiger partial charge in [-0.15, -0.1) is 11.3 Å². The molecule has 3 rings (SSSR count). The molecule has 6 nitrogen and oxygen atoms in total. The van der Waals surface area contributed by atoms with Crippen LogP contribution in [0, 0.1) is 0 Å². The molecule has 112 valence electrons. The highest BCUT2D eigenvalue weighted by Gasteiger charge is 2.38. The van der Waals surface area contributed by atoms with E-state index in [-0.39, 0.29) is 16.9 Å². The van der Waals surface area contributed by atoms with Crippen LogP contribution in [-0.2, 0) is 10.0 Å². The van der Waals surface area contributed by atoms with Gasteiger partial charge in [0.25, 0.3) is 10.0 Å². The molecule has 3 heterocycles. The molecular weight excluding hydrogens is 314 g/mol. The lowest BCUT2D eigenvalue weighted by Gasteiger charge is -2.21. The number of carbonyl (C=O) groups is 1. The minimum Gasteiger partial charge on any atom is -0.475 e. The average molecular weight is 327 g/mol. The van der Waals surface area contributed by atoms with E-state index in [1.54, 1.807) is 0 Å². The van der Waals surface area contributed by atoms with Gasteiger partial charge >= 0.3 is 5.97 Å². The van der Waals surface area contributed by atoms with Crippen molar-refractivity contribution in [3.8, 4) is 0 Å². The van der Waals surface area contributed by atoms with Gasteiger partial charge in [0.1, 0.15) is 0 Å². The van der Waals surface area contributed by atoms with Crippen molar-refractivity contribution in [2.24, 2.45) is 0 Å². The summed E-state index contributed by atoms with van der Waals surface area (Å²) in [6.07, 6.45) is 1.53. The summed E-state index contributed by atoms with van der Waals surface area (Å²) in [6, 6.07) is 5.95. The quantitative estimate of drug-likeness (QED) is 0.932. The normalized spacial score (nSPS) is 19.9. The van der Waals surface area contributed by atoms with Crippen LogP contribution in [0.5, 0.6) is 0 Å². The van der Waals surface area contributed by atoms with Crippen LogP contribution in [-0.4, -0.2) is 30.3 Å². The second kappa shape index (κ2) is 5.28. The van der Waals surface area contributed by atoms with E-state index in [0.717, 1.165) is 23.8 Å². The summed E-state index contributed by atoms with van der Waals surface area (Å²) >= 11 is 1.51. The first-order chi connectivity index (χ1) is 10.00. The van der Waals surface area contributed by atoms with Crippen molar-refractivity contribution < 1.29 is 22.7 Å². The van der Waals surface area contributed by atoms with Crippen LogP contribution in [0.15, 0.2) is 39.2 Å². The predicted octanol–water partition coefficient (Wildman–Crippen LogP) is 2.57. The Morgan fingerprint density at radius 1 is 1.38 bits per heavy atom. The number of sulfonamides is 1. The van der Waals surface area contributed by atoms with Crippen molar-refractivity contribution >= 4 is 27.3 Å². The zero-order chi connectivity index (χ0) is 15.0. The Morgan fingerprint density at radius 3 is 2.81 bits per heavy atom. The van der Waals surface area contributed by atoms with Crippen molar-refractivity contribution in [3.05, 3.63) is 40.3 Å². The van der Waals surface area contributed by atoms with Crippen molar-refractivity contribution in [3.63, 3.8) is 0 Å². The summed E-state index contributed by atoms with van der Waals surface area (Å²) in [6.45, 7) is 0.411. The third-order valence-corrected chi connectivity index (χ3v) is 6.19. The van der Waals surface area contributed by atoms with Crippen molar-refractivity contribution in [2.45, 2.75) is 24.0 Å². The molecule has 0 aromatic carbocycles. The average Bonchev–Trinajstić information content (AvgIpc) is 3.19. The highest BCUT2D eigenvalue weighted by Crippen LogP contribution is 2.38. The Kier molecular flexibility index (Phi) is 3.60. The summed E-state index contributed by atoms with van der Waals surface area (Å²) < 4.78 is 31.6. The van der Waals surface area contributed by atoms with Crippen LogP contribution in [0.3, 0.4) is 0 Å². The lowest BCUT2D eigenvalue weighted by molar-refractivity contribution is 0.0656. The molecule has 1 saturated heterocycles. The van der Waals surface area contributed by atoms with Gasteiger partial charge in [0.05, 0.1) is 6.04 Å². The number of nitrogens with zero attached hydrogens (tertiary/aromatic N) is 1. The van der Waals surface area contributed by atoms with Crippen LogP contribution in [0.25, 0.3) is 0 Å².